The van der Waals surface area contributed by atoms with Gasteiger partial charge in [0.2, 0.25) is 5.91 Å². The third-order valence-electron chi connectivity index (χ3n) is 4.99. The Morgan fingerprint density at radius 2 is 2.00 bits per heavy atom. The SMILES string of the molecule is CCOc1nc2ccccc2nc1N1CCCC(C(=O)Nc2cccc(Cl)c2)C1. The van der Waals surface area contributed by atoms with E-state index >= 15 is 0 Å². The number of carbonyl (C=O) groups excluding carboxylic acids is 1. The van der Waals surface area contributed by atoms with Crippen LogP contribution >= 0.6 is 11.6 Å². The number of rotatable bonds is 5. The smallest absolute Gasteiger partial charge is 0.258 e. The fourth-order valence-electron chi connectivity index (χ4n) is 3.61. The number of anilines is 2. The van der Waals surface area contributed by atoms with Gasteiger partial charge in [0.1, 0.15) is 0 Å². The molecule has 0 bridgehead atoms. The van der Waals surface area contributed by atoms with Crippen LogP contribution < -0.4 is 15.0 Å². The molecule has 1 saturated heterocycles. The quantitative estimate of drug-likeness (QED) is 0.669. The first-order valence-corrected chi connectivity index (χ1v) is 10.2. The van der Waals surface area contributed by atoms with Gasteiger partial charge < -0.3 is 15.0 Å². The van der Waals surface area contributed by atoms with E-state index in [1.807, 2.05) is 43.3 Å². The summed E-state index contributed by atoms with van der Waals surface area (Å²) < 4.78 is 5.77. The minimum Gasteiger partial charge on any atom is -0.475 e. The monoisotopic (exact) mass is 410 g/mol. The first-order chi connectivity index (χ1) is 14.1. The molecule has 1 amide bonds. The van der Waals surface area contributed by atoms with E-state index in [0.717, 1.165) is 30.4 Å². The molecule has 0 spiro atoms. The highest BCUT2D eigenvalue weighted by molar-refractivity contribution is 6.30. The van der Waals surface area contributed by atoms with Crippen LogP contribution in [0.15, 0.2) is 48.5 Å². The zero-order valence-corrected chi connectivity index (χ0v) is 17.0. The van der Waals surface area contributed by atoms with Gasteiger partial charge in [0.25, 0.3) is 5.88 Å². The van der Waals surface area contributed by atoms with Crippen LogP contribution in [0.4, 0.5) is 11.5 Å². The predicted octanol–water partition coefficient (Wildman–Crippen LogP) is 4.54. The van der Waals surface area contributed by atoms with Crippen LogP contribution in [0.25, 0.3) is 11.0 Å². The van der Waals surface area contributed by atoms with Crippen LogP contribution in [0.3, 0.4) is 0 Å². The van der Waals surface area contributed by atoms with E-state index in [-0.39, 0.29) is 11.8 Å². The van der Waals surface area contributed by atoms with Crippen molar-refractivity contribution in [1.29, 1.82) is 0 Å². The second-order valence-electron chi connectivity index (χ2n) is 7.06. The summed E-state index contributed by atoms with van der Waals surface area (Å²) in [5.41, 5.74) is 2.32. The van der Waals surface area contributed by atoms with E-state index in [0.29, 0.717) is 35.6 Å². The van der Waals surface area contributed by atoms with Crippen molar-refractivity contribution < 1.29 is 9.53 Å². The maximum absolute atomic E-state index is 12.8. The Balaban J connectivity index is 1.56. The largest absolute Gasteiger partial charge is 0.475 e. The summed E-state index contributed by atoms with van der Waals surface area (Å²) in [4.78, 5) is 24.4. The first kappa shape index (κ1) is 19.5. The van der Waals surface area contributed by atoms with Gasteiger partial charge in [-0.1, -0.05) is 29.8 Å². The van der Waals surface area contributed by atoms with Crippen molar-refractivity contribution in [3.05, 3.63) is 53.6 Å². The van der Waals surface area contributed by atoms with Crippen molar-refractivity contribution in [3.8, 4) is 5.88 Å². The predicted molar refractivity (Wildman–Crippen MR) is 116 cm³/mol. The number of carbonyl (C=O) groups is 1. The minimum absolute atomic E-state index is 0.0105. The molecule has 0 aliphatic carbocycles. The number of halogens is 1. The van der Waals surface area contributed by atoms with Gasteiger partial charge in [0, 0.05) is 23.8 Å². The lowest BCUT2D eigenvalue weighted by Crippen LogP contribution is -2.41. The number of hydrogen-bond donors (Lipinski definition) is 1. The highest BCUT2D eigenvalue weighted by Gasteiger charge is 2.29. The normalized spacial score (nSPS) is 16.6. The van der Waals surface area contributed by atoms with Gasteiger partial charge in [-0.2, -0.15) is 0 Å². The van der Waals surface area contributed by atoms with Crippen molar-refractivity contribution in [2.24, 2.45) is 5.92 Å². The van der Waals surface area contributed by atoms with Crippen molar-refractivity contribution in [2.75, 3.05) is 29.9 Å². The Labute approximate surface area is 174 Å². The molecule has 1 fully saturated rings. The molecule has 2 aromatic carbocycles. The molecule has 4 rings (SSSR count). The summed E-state index contributed by atoms with van der Waals surface area (Å²) in [7, 11) is 0. The van der Waals surface area contributed by atoms with Gasteiger partial charge in [-0.3, -0.25) is 4.79 Å². The third kappa shape index (κ3) is 4.43. The maximum Gasteiger partial charge on any atom is 0.258 e. The fourth-order valence-corrected chi connectivity index (χ4v) is 3.80. The van der Waals surface area contributed by atoms with Gasteiger partial charge in [-0.15, -0.1) is 0 Å². The average molecular weight is 411 g/mol. The van der Waals surface area contributed by atoms with Crippen LogP contribution in [0, 0.1) is 5.92 Å². The number of aromatic nitrogens is 2. The molecule has 1 aliphatic rings. The van der Waals surface area contributed by atoms with Crippen molar-refractivity contribution >= 4 is 40.0 Å². The topological polar surface area (TPSA) is 67.4 Å². The molecule has 0 saturated carbocycles. The molecule has 1 N–H and O–H groups in total. The third-order valence-corrected chi connectivity index (χ3v) is 5.22. The van der Waals surface area contributed by atoms with Gasteiger partial charge >= 0.3 is 0 Å². The lowest BCUT2D eigenvalue weighted by Gasteiger charge is -2.33. The van der Waals surface area contributed by atoms with Gasteiger partial charge in [0.15, 0.2) is 5.82 Å². The molecule has 1 atom stereocenters. The summed E-state index contributed by atoms with van der Waals surface area (Å²) in [6, 6.07) is 14.9. The molecule has 7 heteroatoms. The van der Waals surface area contributed by atoms with Crippen LogP contribution in [0.1, 0.15) is 19.8 Å². The van der Waals surface area contributed by atoms with Crippen molar-refractivity contribution in [1.82, 2.24) is 9.97 Å². The van der Waals surface area contributed by atoms with E-state index in [2.05, 4.69) is 15.2 Å². The van der Waals surface area contributed by atoms with E-state index < -0.39 is 0 Å². The molecular weight excluding hydrogens is 388 g/mol. The van der Waals surface area contributed by atoms with Gasteiger partial charge in [-0.05, 0) is 50.1 Å². The van der Waals surface area contributed by atoms with Crippen LogP contribution in [-0.2, 0) is 4.79 Å². The molecule has 3 aromatic rings. The van der Waals surface area contributed by atoms with Crippen LogP contribution in [-0.4, -0.2) is 35.6 Å². The van der Waals surface area contributed by atoms with Gasteiger partial charge in [-0.25, -0.2) is 9.97 Å². The Kier molecular flexibility index (Phi) is 5.81. The Morgan fingerprint density at radius 1 is 1.21 bits per heavy atom. The van der Waals surface area contributed by atoms with Crippen molar-refractivity contribution in [3.63, 3.8) is 0 Å². The number of nitrogens with one attached hydrogen (secondary N) is 1. The molecule has 1 aliphatic heterocycles. The molecule has 0 radical (unpaired) electrons. The zero-order chi connectivity index (χ0) is 20.2. The second-order valence-corrected chi connectivity index (χ2v) is 7.50. The molecule has 6 nitrogen and oxygen atoms in total. The van der Waals surface area contributed by atoms with Crippen LogP contribution in [0.2, 0.25) is 5.02 Å². The minimum atomic E-state index is -0.148. The number of nitrogens with zero attached hydrogens (tertiary/aromatic N) is 3. The standard InChI is InChI=1S/C22H23ClN4O2/c1-2-29-22-20(25-18-10-3-4-11-19(18)26-22)27-12-6-7-15(14-27)21(28)24-17-9-5-8-16(23)13-17/h3-5,8-11,13,15H,2,6-7,12,14H2,1H3,(H,24,28). The second kappa shape index (κ2) is 8.66. The lowest BCUT2D eigenvalue weighted by molar-refractivity contribution is -0.120. The number of para-hydroxylation sites is 2. The Hall–Kier alpha value is -2.86. The average Bonchev–Trinajstić information content (AvgIpc) is 2.73. The molecule has 1 aromatic heterocycles. The Morgan fingerprint density at radius 3 is 2.76 bits per heavy atom. The first-order valence-electron chi connectivity index (χ1n) is 9.85. The lowest BCUT2D eigenvalue weighted by atomic mass is 9.97. The molecular formula is C22H23ClN4O2. The van der Waals surface area contributed by atoms with Crippen LogP contribution in [0.5, 0.6) is 5.88 Å². The number of piperidine rings is 1. The number of fused-ring (bicyclic) bond motifs is 1. The summed E-state index contributed by atoms with van der Waals surface area (Å²) in [5.74, 6) is 1.06. The summed E-state index contributed by atoms with van der Waals surface area (Å²) in [6.45, 7) is 3.82. The number of hydrogen-bond acceptors (Lipinski definition) is 5. The van der Waals surface area contributed by atoms with E-state index in [1.165, 1.54) is 0 Å². The molecule has 1 unspecified atom stereocenters. The Bertz CT molecular complexity index is 1030. The zero-order valence-electron chi connectivity index (χ0n) is 16.3. The summed E-state index contributed by atoms with van der Waals surface area (Å²) >= 11 is 6.02. The van der Waals surface area contributed by atoms with Gasteiger partial charge in [0.05, 0.1) is 23.6 Å². The van der Waals surface area contributed by atoms with E-state index in [1.54, 1.807) is 12.1 Å². The van der Waals surface area contributed by atoms with E-state index in [9.17, 15) is 4.79 Å². The fraction of sp³-hybridized carbons (Fsp3) is 0.318. The van der Waals surface area contributed by atoms with E-state index in [4.69, 9.17) is 21.3 Å². The molecule has 150 valence electrons. The maximum atomic E-state index is 12.8. The number of amides is 1. The summed E-state index contributed by atoms with van der Waals surface area (Å²) in [5, 5.41) is 3.57. The highest BCUT2D eigenvalue weighted by Crippen LogP contribution is 2.31. The van der Waals surface area contributed by atoms with Crippen molar-refractivity contribution in [2.45, 2.75) is 19.8 Å². The molecule has 29 heavy (non-hydrogen) atoms. The molecule has 2 heterocycles. The highest BCUT2D eigenvalue weighted by atomic mass is 35.5. The summed E-state index contributed by atoms with van der Waals surface area (Å²) in [6.07, 6.45) is 1.72. The number of ether oxygens (including phenoxy) is 1. The number of benzene rings is 2.